The Morgan fingerprint density at radius 3 is 2.42 bits per heavy atom. The second-order valence-electron chi connectivity index (χ2n) is 6.46. The fourth-order valence-corrected chi connectivity index (χ4v) is 3.78. The number of fused-ring (bicyclic) bond motifs is 1. The van der Waals surface area contributed by atoms with E-state index in [1.807, 2.05) is 35.2 Å². The van der Waals surface area contributed by atoms with Gasteiger partial charge in [0.15, 0.2) is 0 Å². The van der Waals surface area contributed by atoms with E-state index in [2.05, 4.69) is 29.2 Å². The lowest BCUT2D eigenvalue weighted by Crippen LogP contribution is -2.50. The first-order valence-corrected chi connectivity index (χ1v) is 8.65. The summed E-state index contributed by atoms with van der Waals surface area (Å²) in [6.45, 7) is 3.26. The van der Waals surface area contributed by atoms with Gasteiger partial charge < -0.3 is 9.64 Å². The maximum atomic E-state index is 12.3. The summed E-state index contributed by atoms with van der Waals surface area (Å²) >= 11 is 0. The largest absolute Gasteiger partial charge is 0.415 e. The van der Waals surface area contributed by atoms with Crippen molar-refractivity contribution in [2.45, 2.75) is 18.9 Å². The van der Waals surface area contributed by atoms with Crippen LogP contribution in [0.3, 0.4) is 0 Å². The van der Waals surface area contributed by atoms with Gasteiger partial charge in [0.1, 0.15) is 5.75 Å². The predicted octanol–water partition coefficient (Wildman–Crippen LogP) is 3.49. The van der Waals surface area contributed by atoms with Crippen molar-refractivity contribution in [2.24, 2.45) is 0 Å². The van der Waals surface area contributed by atoms with Gasteiger partial charge in [-0.2, -0.15) is 0 Å². The number of hydrogen-bond acceptors (Lipinski definition) is 3. The van der Waals surface area contributed by atoms with Gasteiger partial charge in [-0.05, 0) is 36.1 Å². The van der Waals surface area contributed by atoms with Crippen LogP contribution >= 0.6 is 0 Å². The molecule has 1 unspecified atom stereocenters. The molecule has 0 aromatic heterocycles. The first kappa shape index (κ1) is 15.2. The Labute approximate surface area is 142 Å². The monoisotopic (exact) mass is 322 g/mol. The third-order valence-corrected chi connectivity index (χ3v) is 5.06. The highest BCUT2D eigenvalue weighted by molar-refractivity contribution is 5.70. The highest BCUT2D eigenvalue weighted by atomic mass is 16.6. The maximum Gasteiger partial charge on any atom is 0.415 e. The van der Waals surface area contributed by atoms with Crippen LogP contribution in [0.4, 0.5) is 4.79 Å². The average molecular weight is 322 g/mol. The molecule has 0 N–H and O–H groups in total. The SMILES string of the molecule is O=C(Oc1ccccc1)N1CCN(C2CCc3ccccc32)CC1. The van der Waals surface area contributed by atoms with Crippen molar-refractivity contribution in [1.82, 2.24) is 9.80 Å². The molecule has 0 radical (unpaired) electrons. The van der Waals surface area contributed by atoms with Crippen LogP contribution in [0.25, 0.3) is 0 Å². The number of para-hydroxylation sites is 1. The van der Waals surface area contributed by atoms with Crippen LogP contribution in [0.1, 0.15) is 23.6 Å². The summed E-state index contributed by atoms with van der Waals surface area (Å²) in [5.74, 6) is 0.606. The van der Waals surface area contributed by atoms with E-state index < -0.39 is 0 Å². The van der Waals surface area contributed by atoms with Gasteiger partial charge >= 0.3 is 6.09 Å². The van der Waals surface area contributed by atoms with E-state index in [9.17, 15) is 4.79 Å². The van der Waals surface area contributed by atoms with Gasteiger partial charge in [-0.15, -0.1) is 0 Å². The number of carbonyl (C=O) groups excluding carboxylic acids is 1. The van der Waals surface area contributed by atoms with Gasteiger partial charge in [0, 0.05) is 32.2 Å². The molecule has 1 aliphatic heterocycles. The molecule has 1 heterocycles. The number of amides is 1. The molecule has 2 aromatic carbocycles. The Kier molecular flexibility index (Phi) is 4.22. The molecule has 1 saturated heterocycles. The maximum absolute atomic E-state index is 12.3. The summed E-state index contributed by atoms with van der Waals surface area (Å²) in [7, 11) is 0. The van der Waals surface area contributed by atoms with Crippen LogP contribution in [0, 0.1) is 0 Å². The third-order valence-electron chi connectivity index (χ3n) is 5.06. The molecular weight excluding hydrogens is 300 g/mol. The van der Waals surface area contributed by atoms with Crippen LogP contribution in [-0.4, -0.2) is 42.1 Å². The number of nitrogens with zero attached hydrogens (tertiary/aromatic N) is 2. The Hall–Kier alpha value is -2.33. The molecule has 0 bridgehead atoms. The van der Waals surface area contributed by atoms with Crippen molar-refractivity contribution in [3.63, 3.8) is 0 Å². The summed E-state index contributed by atoms with van der Waals surface area (Å²) in [5.41, 5.74) is 2.95. The molecule has 1 fully saturated rings. The zero-order valence-electron chi connectivity index (χ0n) is 13.7. The van der Waals surface area contributed by atoms with Gasteiger partial charge in [-0.1, -0.05) is 42.5 Å². The number of ether oxygens (including phenoxy) is 1. The molecule has 4 nitrogen and oxygen atoms in total. The van der Waals surface area contributed by atoms with Crippen LogP contribution in [0.15, 0.2) is 54.6 Å². The zero-order valence-corrected chi connectivity index (χ0v) is 13.7. The Morgan fingerprint density at radius 2 is 1.62 bits per heavy atom. The molecule has 2 aromatic rings. The molecule has 2 aliphatic rings. The van der Waals surface area contributed by atoms with E-state index >= 15 is 0 Å². The van der Waals surface area contributed by atoms with Gasteiger partial charge in [0.25, 0.3) is 0 Å². The molecule has 0 saturated carbocycles. The number of hydrogen-bond donors (Lipinski definition) is 0. The van der Waals surface area contributed by atoms with E-state index in [1.165, 1.54) is 17.5 Å². The van der Waals surface area contributed by atoms with Crippen molar-refractivity contribution in [1.29, 1.82) is 0 Å². The highest BCUT2D eigenvalue weighted by Gasteiger charge is 2.31. The van der Waals surface area contributed by atoms with E-state index in [0.717, 1.165) is 32.6 Å². The molecule has 1 amide bonds. The van der Waals surface area contributed by atoms with E-state index in [1.54, 1.807) is 0 Å². The minimum atomic E-state index is -0.243. The van der Waals surface area contributed by atoms with Gasteiger partial charge in [-0.3, -0.25) is 4.90 Å². The van der Waals surface area contributed by atoms with Gasteiger partial charge in [0.2, 0.25) is 0 Å². The number of rotatable bonds is 2. The summed E-state index contributed by atoms with van der Waals surface area (Å²) < 4.78 is 5.44. The second-order valence-corrected chi connectivity index (χ2v) is 6.46. The first-order valence-electron chi connectivity index (χ1n) is 8.65. The normalized spacial score (nSPS) is 20.7. The topological polar surface area (TPSA) is 32.8 Å². The van der Waals surface area contributed by atoms with Crippen LogP contribution < -0.4 is 4.74 Å². The van der Waals surface area contributed by atoms with E-state index in [4.69, 9.17) is 4.74 Å². The summed E-state index contributed by atoms with van der Waals surface area (Å²) in [4.78, 5) is 16.6. The first-order chi connectivity index (χ1) is 11.8. The van der Waals surface area contributed by atoms with Crippen molar-refractivity contribution in [3.8, 4) is 5.75 Å². The number of carbonyl (C=O) groups is 1. The van der Waals surface area contributed by atoms with E-state index in [0.29, 0.717) is 11.8 Å². The van der Waals surface area contributed by atoms with Crippen molar-refractivity contribution in [2.75, 3.05) is 26.2 Å². The molecule has 4 heteroatoms. The smallest absolute Gasteiger partial charge is 0.410 e. The van der Waals surface area contributed by atoms with Crippen LogP contribution in [0.5, 0.6) is 5.75 Å². The molecule has 1 aliphatic carbocycles. The standard InChI is InChI=1S/C20H22N2O2/c23-20(24-17-7-2-1-3-8-17)22-14-12-21(13-15-22)19-11-10-16-6-4-5-9-18(16)19/h1-9,19H,10-15H2. The average Bonchev–Trinajstić information content (AvgIpc) is 3.07. The third kappa shape index (κ3) is 3.02. The lowest BCUT2D eigenvalue weighted by atomic mass is 10.1. The number of piperazine rings is 1. The minimum Gasteiger partial charge on any atom is -0.410 e. The van der Waals surface area contributed by atoms with Crippen LogP contribution in [0.2, 0.25) is 0 Å². The lowest BCUT2D eigenvalue weighted by Gasteiger charge is -2.37. The molecule has 1 atom stereocenters. The summed E-state index contributed by atoms with van der Waals surface area (Å²) in [5, 5.41) is 0. The minimum absolute atomic E-state index is 0.243. The van der Waals surface area contributed by atoms with Gasteiger partial charge in [0.05, 0.1) is 0 Å². The van der Waals surface area contributed by atoms with Crippen molar-refractivity contribution < 1.29 is 9.53 Å². The van der Waals surface area contributed by atoms with Crippen molar-refractivity contribution >= 4 is 6.09 Å². The highest BCUT2D eigenvalue weighted by Crippen LogP contribution is 2.35. The van der Waals surface area contributed by atoms with Gasteiger partial charge in [-0.25, -0.2) is 4.79 Å². The van der Waals surface area contributed by atoms with Crippen molar-refractivity contribution in [3.05, 3.63) is 65.7 Å². The zero-order chi connectivity index (χ0) is 16.4. The second kappa shape index (κ2) is 6.65. The molecular formula is C20H22N2O2. The predicted molar refractivity (Wildman–Crippen MR) is 93.1 cm³/mol. The lowest BCUT2D eigenvalue weighted by molar-refractivity contribution is 0.0887. The summed E-state index contributed by atoms with van der Waals surface area (Å²) in [6, 6.07) is 18.5. The molecule has 4 rings (SSSR count). The molecule has 124 valence electrons. The molecule has 24 heavy (non-hydrogen) atoms. The fourth-order valence-electron chi connectivity index (χ4n) is 3.78. The number of aryl methyl sites for hydroxylation is 1. The molecule has 0 spiro atoms. The Morgan fingerprint density at radius 1 is 0.917 bits per heavy atom. The fraction of sp³-hybridized carbons (Fsp3) is 0.350. The van der Waals surface area contributed by atoms with E-state index in [-0.39, 0.29) is 6.09 Å². The summed E-state index contributed by atoms with van der Waals surface area (Å²) in [6.07, 6.45) is 2.11. The van der Waals surface area contributed by atoms with Crippen LogP contribution in [-0.2, 0) is 6.42 Å². The Bertz CT molecular complexity index is 709. The quantitative estimate of drug-likeness (QED) is 0.848. The number of benzene rings is 2. The Balaban J connectivity index is 1.35.